The van der Waals surface area contributed by atoms with Crippen molar-refractivity contribution in [2.24, 2.45) is 27.6 Å². The SMILES string of the molecule is C=C(CC1CC(=O)OC1=O)CC(C)(C)C(C)(C)CC(C)(C)C(C)(C)C. The molecule has 1 unspecified atom stereocenters. The maximum Gasteiger partial charge on any atom is 0.317 e. The van der Waals surface area contributed by atoms with Crippen molar-refractivity contribution >= 4 is 11.9 Å². The van der Waals surface area contributed by atoms with E-state index in [4.69, 9.17) is 0 Å². The number of rotatable bonds is 7. The molecule has 1 heterocycles. The summed E-state index contributed by atoms with van der Waals surface area (Å²) >= 11 is 0. The van der Waals surface area contributed by atoms with Crippen molar-refractivity contribution in [2.45, 2.75) is 88.0 Å². The Morgan fingerprint density at radius 3 is 1.88 bits per heavy atom. The first-order valence-corrected chi connectivity index (χ1v) is 9.40. The molecule has 0 bridgehead atoms. The number of allylic oxidation sites excluding steroid dienone is 1. The zero-order valence-electron chi connectivity index (χ0n) is 17.8. The van der Waals surface area contributed by atoms with E-state index in [2.05, 4.69) is 73.6 Å². The van der Waals surface area contributed by atoms with Crippen LogP contribution in [0.25, 0.3) is 0 Å². The summed E-state index contributed by atoms with van der Waals surface area (Å²) in [5, 5.41) is 0. The highest BCUT2D eigenvalue weighted by molar-refractivity contribution is 5.94. The van der Waals surface area contributed by atoms with Gasteiger partial charge >= 0.3 is 11.9 Å². The molecule has 1 aliphatic rings. The van der Waals surface area contributed by atoms with Crippen LogP contribution in [-0.4, -0.2) is 11.9 Å². The second kappa shape index (κ2) is 6.89. The van der Waals surface area contributed by atoms with Gasteiger partial charge < -0.3 is 4.74 Å². The molecule has 0 N–H and O–H groups in total. The lowest BCUT2D eigenvalue weighted by molar-refractivity contribution is -0.153. The molecule has 0 aliphatic carbocycles. The molecule has 25 heavy (non-hydrogen) atoms. The first-order chi connectivity index (χ1) is 11.0. The quantitative estimate of drug-likeness (QED) is 0.325. The Bertz CT molecular complexity index is 544. The number of cyclic esters (lactones) is 2. The van der Waals surface area contributed by atoms with Crippen molar-refractivity contribution in [1.82, 2.24) is 0 Å². The molecule has 0 amide bonds. The molecule has 1 fully saturated rings. The van der Waals surface area contributed by atoms with Gasteiger partial charge in [-0.05, 0) is 40.9 Å². The van der Waals surface area contributed by atoms with Crippen LogP contribution in [0.15, 0.2) is 12.2 Å². The summed E-state index contributed by atoms with van der Waals surface area (Å²) in [4.78, 5) is 23.0. The van der Waals surface area contributed by atoms with Crippen LogP contribution >= 0.6 is 0 Å². The van der Waals surface area contributed by atoms with E-state index in [0.717, 1.165) is 18.4 Å². The van der Waals surface area contributed by atoms with Gasteiger partial charge in [0.15, 0.2) is 0 Å². The Balaban J connectivity index is 2.79. The summed E-state index contributed by atoms with van der Waals surface area (Å²) < 4.78 is 4.66. The molecule has 0 saturated carbocycles. The largest absolute Gasteiger partial charge is 0.393 e. The zero-order valence-corrected chi connectivity index (χ0v) is 17.8. The number of hydrogen-bond donors (Lipinski definition) is 0. The zero-order chi connectivity index (χ0) is 19.8. The number of carbonyl (C=O) groups is 2. The molecule has 144 valence electrons. The number of ether oxygens (including phenoxy) is 1. The number of carbonyl (C=O) groups excluding carboxylic acids is 2. The fraction of sp³-hybridized carbons (Fsp3) is 0.818. The summed E-state index contributed by atoms with van der Waals surface area (Å²) in [6.45, 7) is 25.0. The minimum atomic E-state index is -0.408. The summed E-state index contributed by atoms with van der Waals surface area (Å²) in [6, 6.07) is 0. The van der Waals surface area contributed by atoms with Crippen LogP contribution in [0.2, 0.25) is 0 Å². The molecule has 0 radical (unpaired) electrons. The Kier molecular flexibility index (Phi) is 6.04. The maximum atomic E-state index is 11.7. The second-order valence-electron chi connectivity index (χ2n) is 10.9. The van der Waals surface area contributed by atoms with Gasteiger partial charge in [0, 0.05) is 0 Å². The van der Waals surface area contributed by atoms with Gasteiger partial charge in [-0.2, -0.15) is 0 Å². The smallest absolute Gasteiger partial charge is 0.317 e. The lowest BCUT2D eigenvalue weighted by atomic mass is 9.55. The predicted octanol–water partition coefficient (Wildman–Crippen LogP) is 5.93. The molecule has 0 spiro atoms. The third-order valence-electron chi connectivity index (χ3n) is 6.93. The topological polar surface area (TPSA) is 43.4 Å². The van der Waals surface area contributed by atoms with E-state index in [1.807, 2.05) is 0 Å². The standard InChI is InChI=1S/C22H38O3/c1-15(11-16-12-17(23)25-18(16)24)13-20(5,6)22(9,10)14-21(7,8)19(2,3)4/h16H,1,11-14H2,2-10H3. The maximum absolute atomic E-state index is 11.7. The van der Waals surface area contributed by atoms with Crippen molar-refractivity contribution in [3.05, 3.63) is 12.2 Å². The van der Waals surface area contributed by atoms with Gasteiger partial charge in [-0.15, -0.1) is 0 Å². The highest BCUT2D eigenvalue weighted by Gasteiger charge is 2.45. The average molecular weight is 351 g/mol. The fourth-order valence-electron chi connectivity index (χ4n) is 3.57. The number of esters is 2. The first-order valence-electron chi connectivity index (χ1n) is 9.40. The molecule has 1 aliphatic heterocycles. The summed E-state index contributed by atoms with van der Waals surface area (Å²) in [7, 11) is 0. The van der Waals surface area contributed by atoms with Crippen LogP contribution in [0.5, 0.6) is 0 Å². The van der Waals surface area contributed by atoms with Gasteiger partial charge in [0.25, 0.3) is 0 Å². The van der Waals surface area contributed by atoms with Crippen LogP contribution in [-0.2, 0) is 14.3 Å². The van der Waals surface area contributed by atoms with Crippen molar-refractivity contribution in [2.75, 3.05) is 0 Å². The summed E-state index contributed by atoms with van der Waals surface area (Å²) in [5.74, 6) is -1.14. The Labute approximate surface area is 154 Å². The third-order valence-corrected chi connectivity index (χ3v) is 6.93. The average Bonchev–Trinajstić information content (AvgIpc) is 2.63. The van der Waals surface area contributed by atoms with E-state index in [-0.39, 0.29) is 34.0 Å². The second-order valence-corrected chi connectivity index (χ2v) is 10.9. The summed E-state index contributed by atoms with van der Waals surface area (Å²) in [6.07, 6.45) is 2.69. The highest BCUT2D eigenvalue weighted by Crippen LogP contribution is 2.54. The van der Waals surface area contributed by atoms with Crippen molar-refractivity contribution in [3.8, 4) is 0 Å². The van der Waals surface area contributed by atoms with E-state index in [1.54, 1.807) is 0 Å². The van der Waals surface area contributed by atoms with E-state index in [0.29, 0.717) is 6.42 Å². The van der Waals surface area contributed by atoms with E-state index in [1.165, 1.54) is 0 Å². The Hall–Kier alpha value is -1.12. The minimum absolute atomic E-state index is 0.0408. The van der Waals surface area contributed by atoms with Gasteiger partial charge in [-0.3, -0.25) is 9.59 Å². The molecule has 1 rings (SSSR count). The Morgan fingerprint density at radius 2 is 1.48 bits per heavy atom. The molecule has 0 aromatic carbocycles. The molecule has 0 aromatic heterocycles. The van der Waals surface area contributed by atoms with Crippen LogP contribution in [0.3, 0.4) is 0 Å². The number of hydrogen-bond acceptors (Lipinski definition) is 3. The van der Waals surface area contributed by atoms with Crippen molar-refractivity contribution in [3.63, 3.8) is 0 Å². The highest BCUT2D eigenvalue weighted by atomic mass is 16.6. The molecule has 1 atom stereocenters. The van der Waals surface area contributed by atoms with E-state index < -0.39 is 11.9 Å². The van der Waals surface area contributed by atoms with Crippen molar-refractivity contribution < 1.29 is 14.3 Å². The third kappa shape index (κ3) is 5.18. The molecular weight excluding hydrogens is 312 g/mol. The van der Waals surface area contributed by atoms with Gasteiger partial charge in [0.2, 0.25) is 0 Å². The molecule has 3 heteroatoms. The normalized spacial score (nSPS) is 20.0. The van der Waals surface area contributed by atoms with Gasteiger partial charge in [0.05, 0.1) is 12.3 Å². The van der Waals surface area contributed by atoms with Crippen molar-refractivity contribution in [1.29, 1.82) is 0 Å². The van der Waals surface area contributed by atoms with Gasteiger partial charge in [-0.25, -0.2) is 0 Å². The lowest BCUT2D eigenvalue weighted by Crippen LogP contribution is -2.41. The van der Waals surface area contributed by atoms with E-state index in [9.17, 15) is 9.59 Å². The lowest BCUT2D eigenvalue weighted by Gasteiger charge is -2.50. The summed E-state index contributed by atoms with van der Waals surface area (Å²) in [5.41, 5.74) is 1.61. The monoisotopic (exact) mass is 350 g/mol. The molecule has 3 nitrogen and oxygen atoms in total. The molecule has 0 aromatic rings. The molecular formula is C22H38O3. The van der Waals surface area contributed by atoms with Crippen LogP contribution in [0, 0.1) is 27.6 Å². The first kappa shape index (κ1) is 21.9. The van der Waals surface area contributed by atoms with Gasteiger partial charge in [0.1, 0.15) is 0 Å². The van der Waals surface area contributed by atoms with Crippen LogP contribution in [0.4, 0.5) is 0 Å². The Morgan fingerprint density at radius 1 is 0.960 bits per heavy atom. The van der Waals surface area contributed by atoms with Crippen LogP contribution in [0.1, 0.15) is 88.0 Å². The minimum Gasteiger partial charge on any atom is -0.393 e. The predicted molar refractivity (Wildman–Crippen MR) is 103 cm³/mol. The van der Waals surface area contributed by atoms with E-state index >= 15 is 0 Å². The van der Waals surface area contributed by atoms with Crippen LogP contribution < -0.4 is 0 Å². The van der Waals surface area contributed by atoms with Gasteiger partial charge in [-0.1, -0.05) is 74.5 Å². The molecule has 1 saturated heterocycles. The fourth-order valence-corrected chi connectivity index (χ4v) is 3.57.